The number of carbonyl (C=O) groups excluding carboxylic acids is 2. The number of nitrogens with one attached hydrogen (secondary N) is 1. The molecule has 2 saturated heterocycles. The van der Waals surface area contributed by atoms with E-state index in [1.54, 1.807) is 4.90 Å². The second kappa shape index (κ2) is 8.25. The van der Waals surface area contributed by atoms with Crippen LogP contribution in [0.25, 0.3) is 0 Å². The number of rotatable bonds is 4. The Morgan fingerprint density at radius 3 is 2.21 bits per heavy atom. The highest BCUT2D eigenvalue weighted by Crippen LogP contribution is 2.28. The van der Waals surface area contributed by atoms with Gasteiger partial charge in [-0.25, -0.2) is 0 Å². The molecule has 0 saturated carbocycles. The van der Waals surface area contributed by atoms with Gasteiger partial charge in [0.2, 0.25) is 11.8 Å². The second-order valence-electron chi connectivity index (χ2n) is 8.07. The molecule has 152 valence electrons. The highest BCUT2D eigenvalue weighted by molar-refractivity contribution is 6.03. The summed E-state index contributed by atoms with van der Waals surface area (Å²) in [6, 6.07) is 15.8. The number of likely N-dealkylation sites (N-methyl/N-ethyl adjacent to an activating group) is 1. The Labute approximate surface area is 172 Å². The van der Waals surface area contributed by atoms with Crippen LogP contribution in [-0.4, -0.2) is 56.5 Å². The molecule has 6 nitrogen and oxygen atoms in total. The molecule has 2 aromatic carbocycles. The van der Waals surface area contributed by atoms with Crippen molar-refractivity contribution < 1.29 is 9.59 Å². The van der Waals surface area contributed by atoms with Crippen molar-refractivity contribution in [2.45, 2.75) is 13.3 Å². The Kier molecular flexibility index (Phi) is 5.53. The average molecular weight is 393 g/mol. The molecule has 6 heteroatoms. The van der Waals surface area contributed by atoms with Gasteiger partial charge in [0.1, 0.15) is 0 Å². The monoisotopic (exact) mass is 392 g/mol. The summed E-state index contributed by atoms with van der Waals surface area (Å²) in [6.45, 7) is 6.58. The van der Waals surface area contributed by atoms with E-state index in [9.17, 15) is 9.59 Å². The van der Waals surface area contributed by atoms with Crippen LogP contribution in [0.15, 0.2) is 48.5 Å². The maximum atomic E-state index is 12.6. The molecular weight excluding hydrogens is 364 g/mol. The molecule has 0 aromatic heterocycles. The Bertz CT molecular complexity index is 871. The van der Waals surface area contributed by atoms with Gasteiger partial charge >= 0.3 is 0 Å². The SMILES string of the molecule is Cc1ccc(NC(=O)C2CC(=O)N(c3ccc(N4CCN(C)CC4)cc3)C2)cc1. The van der Waals surface area contributed by atoms with Crippen LogP contribution in [0.5, 0.6) is 0 Å². The Morgan fingerprint density at radius 2 is 1.55 bits per heavy atom. The van der Waals surface area contributed by atoms with Gasteiger partial charge in [0.15, 0.2) is 0 Å². The minimum Gasteiger partial charge on any atom is -0.369 e. The normalized spacial score (nSPS) is 20.2. The van der Waals surface area contributed by atoms with Gasteiger partial charge in [-0.2, -0.15) is 0 Å². The highest BCUT2D eigenvalue weighted by atomic mass is 16.2. The van der Waals surface area contributed by atoms with E-state index < -0.39 is 0 Å². The maximum Gasteiger partial charge on any atom is 0.229 e. The second-order valence-corrected chi connectivity index (χ2v) is 8.07. The van der Waals surface area contributed by atoms with Crippen molar-refractivity contribution in [3.05, 3.63) is 54.1 Å². The minimum absolute atomic E-state index is 0.00130. The first-order valence-corrected chi connectivity index (χ1v) is 10.2. The molecule has 2 aromatic rings. The van der Waals surface area contributed by atoms with Crippen LogP contribution in [0.3, 0.4) is 0 Å². The van der Waals surface area contributed by atoms with Gasteiger partial charge in [-0.1, -0.05) is 17.7 Å². The van der Waals surface area contributed by atoms with E-state index >= 15 is 0 Å². The Balaban J connectivity index is 1.38. The van der Waals surface area contributed by atoms with Crippen molar-refractivity contribution in [3.8, 4) is 0 Å². The molecule has 1 unspecified atom stereocenters. The van der Waals surface area contributed by atoms with E-state index in [2.05, 4.69) is 34.3 Å². The summed E-state index contributed by atoms with van der Waals surface area (Å²) >= 11 is 0. The third-order valence-electron chi connectivity index (χ3n) is 5.84. The van der Waals surface area contributed by atoms with E-state index in [1.165, 1.54) is 5.69 Å². The van der Waals surface area contributed by atoms with E-state index in [-0.39, 0.29) is 24.2 Å². The van der Waals surface area contributed by atoms with Crippen molar-refractivity contribution in [3.63, 3.8) is 0 Å². The van der Waals surface area contributed by atoms with Crippen LogP contribution < -0.4 is 15.1 Å². The molecule has 2 aliphatic heterocycles. The van der Waals surface area contributed by atoms with E-state index in [4.69, 9.17) is 0 Å². The Hall–Kier alpha value is -2.86. The first-order valence-electron chi connectivity index (χ1n) is 10.2. The third kappa shape index (κ3) is 4.43. The van der Waals surface area contributed by atoms with Crippen molar-refractivity contribution >= 4 is 28.9 Å². The summed E-state index contributed by atoms with van der Waals surface area (Å²) < 4.78 is 0. The van der Waals surface area contributed by atoms with Gasteiger partial charge in [-0.3, -0.25) is 9.59 Å². The van der Waals surface area contributed by atoms with Gasteiger partial charge in [0, 0.05) is 56.2 Å². The molecule has 2 fully saturated rings. The molecule has 2 heterocycles. The van der Waals surface area contributed by atoms with Crippen molar-refractivity contribution in [2.24, 2.45) is 5.92 Å². The standard InChI is InChI=1S/C23H28N4O2/c1-17-3-5-19(6-4-17)24-23(29)18-15-22(28)27(16-18)21-9-7-20(8-10-21)26-13-11-25(2)12-14-26/h3-10,18H,11-16H2,1-2H3,(H,24,29). The van der Waals surface area contributed by atoms with Gasteiger partial charge in [-0.05, 0) is 50.4 Å². The van der Waals surface area contributed by atoms with E-state index in [0.29, 0.717) is 6.54 Å². The number of nitrogens with zero attached hydrogens (tertiary/aromatic N) is 3. The number of benzene rings is 2. The largest absolute Gasteiger partial charge is 0.369 e. The highest BCUT2D eigenvalue weighted by Gasteiger charge is 2.35. The summed E-state index contributed by atoms with van der Waals surface area (Å²) in [4.78, 5) is 31.6. The summed E-state index contributed by atoms with van der Waals surface area (Å²) in [5, 5.41) is 2.93. The number of hydrogen-bond acceptors (Lipinski definition) is 4. The predicted molar refractivity (Wildman–Crippen MR) is 116 cm³/mol. The third-order valence-corrected chi connectivity index (χ3v) is 5.84. The lowest BCUT2D eigenvalue weighted by Crippen LogP contribution is -2.44. The van der Waals surface area contributed by atoms with Crippen LogP contribution in [0.1, 0.15) is 12.0 Å². The van der Waals surface area contributed by atoms with Gasteiger partial charge in [0.25, 0.3) is 0 Å². The summed E-state index contributed by atoms with van der Waals surface area (Å²) in [6.07, 6.45) is 0.248. The lowest BCUT2D eigenvalue weighted by Gasteiger charge is -2.34. The molecule has 2 amide bonds. The fourth-order valence-corrected chi connectivity index (χ4v) is 3.92. The van der Waals surface area contributed by atoms with Crippen LogP contribution >= 0.6 is 0 Å². The van der Waals surface area contributed by atoms with Crippen molar-refractivity contribution in [1.29, 1.82) is 0 Å². The van der Waals surface area contributed by atoms with Crippen molar-refractivity contribution in [2.75, 3.05) is 54.9 Å². The maximum absolute atomic E-state index is 12.6. The number of amides is 2. The van der Waals surface area contributed by atoms with Crippen LogP contribution in [-0.2, 0) is 9.59 Å². The molecule has 0 aliphatic carbocycles. The average Bonchev–Trinajstić information content (AvgIpc) is 3.12. The zero-order valence-electron chi connectivity index (χ0n) is 17.1. The van der Waals surface area contributed by atoms with E-state index in [1.807, 2.05) is 43.3 Å². The first-order chi connectivity index (χ1) is 14.0. The minimum atomic E-state index is -0.332. The number of anilines is 3. The van der Waals surface area contributed by atoms with Gasteiger partial charge in [-0.15, -0.1) is 0 Å². The van der Waals surface area contributed by atoms with Crippen LogP contribution in [0.2, 0.25) is 0 Å². The molecule has 1 atom stereocenters. The van der Waals surface area contributed by atoms with E-state index in [0.717, 1.165) is 43.1 Å². The fraction of sp³-hybridized carbons (Fsp3) is 0.391. The molecule has 1 N–H and O–H groups in total. The molecule has 4 rings (SSSR count). The summed E-state index contributed by atoms with van der Waals surface area (Å²) in [5.74, 6) is -0.429. The molecular formula is C23H28N4O2. The number of piperazine rings is 1. The van der Waals surface area contributed by atoms with Crippen molar-refractivity contribution in [1.82, 2.24) is 4.90 Å². The van der Waals surface area contributed by atoms with Gasteiger partial charge < -0.3 is 20.0 Å². The topological polar surface area (TPSA) is 55.9 Å². The summed E-state index contributed by atoms with van der Waals surface area (Å²) in [5.41, 5.74) is 3.95. The zero-order chi connectivity index (χ0) is 20.4. The first kappa shape index (κ1) is 19.5. The molecule has 0 spiro atoms. The number of aryl methyl sites for hydroxylation is 1. The number of hydrogen-bond donors (Lipinski definition) is 1. The smallest absolute Gasteiger partial charge is 0.229 e. The quantitative estimate of drug-likeness (QED) is 0.869. The molecule has 29 heavy (non-hydrogen) atoms. The zero-order valence-corrected chi connectivity index (χ0v) is 17.1. The lowest BCUT2D eigenvalue weighted by molar-refractivity contribution is -0.122. The van der Waals surface area contributed by atoms with Gasteiger partial charge in [0.05, 0.1) is 5.92 Å². The van der Waals surface area contributed by atoms with Crippen LogP contribution in [0, 0.1) is 12.8 Å². The fourth-order valence-electron chi connectivity index (χ4n) is 3.92. The lowest BCUT2D eigenvalue weighted by atomic mass is 10.1. The molecule has 0 bridgehead atoms. The molecule has 0 radical (unpaired) electrons. The molecule has 2 aliphatic rings. The number of carbonyl (C=O) groups is 2. The summed E-state index contributed by atoms with van der Waals surface area (Å²) in [7, 11) is 2.14. The van der Waals surface area contributed by atoms with Crippen LogP contribution in [0.4, 0.5) is 17.1 Å². The predicted octanol–water partition coefficient (Wildman–Crippen LogP) is 2.74. The Morgan fingerprint density at radius 1 is 0.931 bits per heavy atom.